The van der Waals surface area contributed by atoms with Gasteiger partial charge in [-0.25, -0.2) is 9.97 Å². The first kappa shape index (κ1) is 26.8. The number of hydrogen-bond acceptors (Lipinski definition) is 7. The normalized spacial score (nSPS) is 21.3. The van der Waals surface area contributed by atoms with Crippen molar-refractivity contribution in [1.29, 1.82) is 0 Å². The summed E-state index contributed by atoms with van der Waals surface area (Å²) in [5.74, 6) is 0. The third kappa shape index (κ3) is 5.21. The number of fused-ring (bicyclic) bond motifs is 1. The van der Waals surface area contributed by atoms with Gasteiger partial charge in [0.2, 0.25) is 0 Å². The highest BCUT2D eigenvalue weighted by atomic mass is 35.5. The molecule has 0 spiro atoms. The number of imidazole rings is 2. The van der Waals surface area contributed by atoms with Gasteiger partial charge in [0.25, 0.3) is 5.56 Å². The molecule has 0 radical (unpaired) electrons. The topological polar surface area (TPSA) is 117 Å². The Morgan fingerprint density at radius 1 is 1.32 bits per heavy atom. The number of aromatic nitrogens is 6. The summed E-state index contributed by atoms with van der Waals surface area (Å²) in [5.41, 5.74) is 5.32. The predicted octanol–water partition coefficient (Wildman–Crippen LogP) is 4.31. The van der Waals surface area contributed by atoms with Crippen LogP contribution in [0.1, 0.15) is 45.4 Å². The lowest BCUT2D eigenvalue weighted by Crippen LogP contribution is -2.34. The monoisotopic (exact) mass is 557 g/mol. The lowest BCUT2D eigenvalue weighted by atomic mass is 10.1. The van der Waals surface area contributed by atoms with Crippen LogP contribution in [0.4, 0.5) is 0 Å². The highest BCUT2D eigenvalue weighted by molar-refractivity contribution is 7.71. The largest absolute Gasteiger partial charge is 0.394 e. The first-order valence-electron chi connectivity index (χ1n) is 12.7. The van der Waals surface area contributed by atoms with Crippen LogP contribution in [0.5, 0.6) is 0 Å². The van der Waals surface area contributed by atoms with Crippen molar-refractivity contribution in [3.63, 3.8) is 0 Å². The van der Waals surface area contributed by atoms with Gasteiger partial charge in [-0.1, -0.05) is 23.3 Å². The SMILES string of the molecule is CC(C)=CCN1Cc2c(Cl)ccc3[nH]c(=S)n(c23)C[C@@H]1C.O=c1[nH]cnc2c1ncn2[C@H]1CC[C@@H](CO)O1. The number of aromatic amines is 2. The molecule has 4 aromatic rings. The molecule has 202 valence electrons. The average Bonchev–Trinajstić information content (AvgIpc) is 3.59. The molecule has 0 unspecified atom stereocenters. The van der Waals surface area contributed by atoms with Crippen LogP contribution in [0.15, 0.2) is 41.2 Å². The summed E-state index contributed by atoms with van der Waals surface area (Å²) in [4.78, 5) is 27.8. The van der Waals surface area contributed by atoms with Crippen molar-refractivity contribution in [3.8, 4) is 0 Å². The smallest absolute Gasteiger partial charge is 0.278 e. The number of H-pyrrole nitrogens is 2. The Hall–Kier alpha value is -2.83. The van der Waals surface area contributed by atoms with Crippen molar-refractivity contribution >= 4 is 46.0 Å². The van der Waals surface area contributed by atoms with E-state index in [4.69, 9.17) is 33.7 Å². The van der Waals surface area contributed by atoms with Crippen LogP contribution < -0.4 is 5.56 Å². The van der Waals surface area contributed by atoms with E-state index >= 15 is 0 Å². The van der Waals surface area contributed by atoms with Crippen molar-refractivity contribution < 1.29 is 9.84 Å². The predicted molar refractivity (Wildman–Crippen MR) is 150 cm³/mol. The van der Waals surface area contributed by atoms with Crippen LogP contribution in [-0.4, -0.2) is 64.4 Å². The van der Waals surface area contributed by atoms with E-state index in [-0.39, 0.29) is 24.5 Å². The maximum absolute atomic E-state index is 11.5. The minimum absolute atomic E-state index is 0.0111. The van der Waals surface area contributed by atoms with Crippen molar-refractivity contribution in [2.75, 3.05) is 13.2 Å². The lowest BCUT2D eigenvalue weighted by molar-refractivity contribution is -0.0207. The summed E-state index contributed by atoms with van der Waals surface area (Å²) >= 11 is 11.9. The molecule has 38 heavy (non-hydrogen) atoms. The number of hydrogen-bond donors (Lipinski definition) is 3. The van der Waals surface area contributed by atoms with Crippen LogP contribution in [-0.2, 0) is 17.8 Å². The molecule has 0 saturated carbocycles. The van der Waals surface area contributed by atoms with Gasteiger partial charge in [-0.05, 0) is 58.0 Å². The molecule has 1 fully saturated rings. The number of aliphatic hydroxyl groups is 1. The van der Waals surface area contributed by atoms with Gasteiger partial charge in [0.15, 0.2) is 15.9 Å². The highest BCUT2D eigenvalue weighted by Gasteiger charge is 2.27. The van der Waals surface area contributed by atoms with Gasteiger partial charge in [-0.3, -0.25) is 14.3 Å². The Morgan fingerprint density at radius 2 is 2.13 bits per heavy atom. The minimum atomic E-state index is -0.259. The zero-order valence-electron chi connectivity index (χ0n) is 21.6. The number of benzene rings is 1. The van der Waals surface area contributed by atoms with E-state index in [2.05, 4.69) is 56.3 Å². The molecule has 0 aliphatic carbocycles. The maximum Gasteiger partial charge on any atom is 0.278 e. The zero-order chi connectivity index (χ0) is 27.0. The Morgan fingerprint density at radius 3 is 2.87 bits per heavy atom. The fraction of sp³-hybridized carbons (Fsp3) is 0.462. The van der Waals surface area contributed by atoms with Crippen LogP contribution in [0.2, 0.25) is 5.02 Å². The zero-order valence-corrected chi connectivity index (χ0v) is 23.2. The van der Waals surface area contributed by atoms with Crippen LogP contribution in [0.25, 0.3) is 22.2 Å². The molecule has 2 aliphatic heterocycles. The fourth-order valence-electron chi connectivity index (χ4n) is 5.01. The second kappa shape index (κ2) is 11.1. The molecule has 10 nitrogen and oxygen atoms in total. The van der Waals surface area contributed by atoms with Gasteiger partial charge in [0, 0.05) is 36.3 Å². The molecule has 0 bridgehead atoms. The van der Waals surface area contributed by atoms with E-state index in [0.29, 0.717) is 17.2 Å². The van der Waals surface area contributed by atoms with Crippen molar-refractivity contribution in [3.05, 3.63) is 62.1 Å². The standard InChI is InChI=1S/C16H20ClN3S.C10H12N4O3/c1-10(2)6-7-19-9-12-13(17)4-5-14-15(12)20(8-11(19)3)16(21)18-14;15-3-6-1-2-7(17-6)14-5-13-8-9(14)11-4-12-10(8)16/h4-6,11H,7-9H2,1-3H3,(H,18,21);4-7,15H,1-3H2,(H,11,12,16)/t11-;6-,7+/m00/s1. The van der Waals surface area contributed by atoms with E-state index in [9.17, 15) is 4.79 Å². The summed E-state index contributed by atoms with van der Waals surface area (Å²) in [5, 5.41) is 9.84. The number of nitrogens with zero attached hydrogens (tertiary/aromatic N) is 5. The molecule has 3 N–H and O–H groups in total. The van der Waals surface area contributed by atoms with Gasteiger partial charge in [-0.15, -0.1) is 0 Å². The third-order valence-corrected chi connectivity index (χ3v) is 7.79. The van der Waals surface area contributed by atoms with E-state index in [0.717, 1.165) is 47.8 Å². The van der Waals surface area contributed by atoms with Crippen LogP contribution in [0.3, 0.4) is 0 Å². The van der Waals surface area contributed by atoms with Crippen molar-refractivity contribution in [1.82, 2.24) is 34.0 Å². The van der Waals surface area contributed by atoms with Crippen molar-refractivity contribution in [2.24, 2.45) is 0 Å². The van der Waals surface area contributed by atoms with E-state index in [1.54, 1.807) is 10.9 Å². The summed E-state index contributed by atoms with van der Waals surface area (Å²) in [7, 11) is 0. The molecular formula is C26H32ClN7O3S. The lowest BCUT2D eigenvalue weighted by Gasteiger charge is -2.26. The second-order valence-electron chi connectivity index (χ2n) is 10.1. The Labute approximate surface area is 229 Å². The van der Waals surface area contributed by atoms with Gasteiger partial charge in [0.1, 0.15) is 6.23 Å². The summed E-state index contributed by atoms with van der Waals surface area (Å²) in [6.07, 6.45) is 6.41. The summed E-state index contributed by atoms with van der Waals surface area (Å²) in [6.45, 7) is 9.22. The molecule has 2 aliphatic rings. The molecule has 0 amide bonds. The summed E-state index contributed by atoms with van der Waals surface area (Å²) in [6, 6.07) is 4.39. The second-order valence-corrected chi connectivity index (χ2v) is 10.8. The quantitative estimate of drug-likeness (QED) is 0.253. The number of allylic oxidation sites excluding steroid dienone is 1. The average molecular weight is 558 g/mol. The fourth-order valence-corrected chi connectivity index (χ4v) is 5.50. The molecule has 1 aromatic carbocycles. The number of rotatable bonds is 4. The number of ether oxygens (including phenoxy) is 1. The molecule has 3 atom stereocenters. The number of halogens is 1. The van der Waals surface area contributed by atoms with Gasteiger partial charge < -0.3 is 24.4 Å². The number of nitrogens with one attached hydrogen (secondary N) is 2. The minimum Gasteiger partial charge on any atom is -0.394 e. The molecule has 6 rings (SSSR count). The summed E-state index contributed by atoms with van der Waals surface area (Å²) < 4.78 is 10.3. The molecule has 1 saturated heterocycles. The molecular weight excluding hydrogens is 526 g/mol. The third-order valence-electron chi connectivity index (χ3n) is 7.11. The van der Waals surface area contributed by atoms with Crippen molar-refractivity contribution in [2.45, 2.75) is 65.1 Å². The van der Waals surface area contributed by atoms with E-state index in [1.165, 1.54) is 23.0 Å². The first-order valence-corrected chi connectivity index (χ1v) is 13.5. The van der Waals surface area contributed by atoms with Gasteiger partial charge >= 0.3 is 0 Å². The van der Waals surface area contributed by atoms with Gasteiger partial charge in [0.05, 0.1) is 36.4 Å². The maximum atomic E-state index is 11.5. The molecule has 12 heteroatoms. The highest BCUT2D eigenvalue weighted by Crippen LogP contribution is 2.31. The van der Waals surface area contributed by atoms with E-state index < -0.39 is 0 Å². The van der Waals surface area contributed by atoms with E-state index in [1.807, 2.05) is 12.1 Å². The number of aliphatic hydroxyl groups excluding tert-OH is 1. The first-order chi connectivity index (χ1) is 18.3. The molecule has 5 heterocycles. The van der Waals surface area contributed by atoms with Crippen LogP contribution in [0, 0.1) is 4.77 Å². The molecule has 3 aromatic heterocycles. The Bertz CT molecular complexity index is 1600. The Kier molecular flexibility index (Phi) is 7.83. The Balaban J connectivity index is 0.000000158. The van der Waals surface area contributed by atoms with Gasteiger partial charge in [-0.2, -0.15) is 0 Å². The van der Waals surface area contributed by atoms with Crippen LogP contribution >= 0.6 is 23.8 Å².